The van der Waals surface area contributed by atoms with E-state index in [0.29, 0.717) is 11.8 Å². The number of hydrogen-bond acceptors (Lipinski definition) is 4. The lowest BCUT2D eigenvalue weighted by Crippen LogP contribution is -2.41. The highest BCUT2D eigenvalue weighted by Gasteiger charge is 2.23. The van der Waals surface area contributed by atoms with Crippen molar-refractivity contribution in [1.82, 2.24) is 16.0 Å². The quantitative estimate of drug-likeness (QED) is 0.674. The van der Waals surface area contributed by atoms with Gasteiger partial charge in [0.05, 0.1) is 12.0 Å². The molecule has 2 fully saturated rings. The molecule has 1 heterocycles. The van der Waals surface area contributed by atoms with Crippen LogP contribution in [0.2, 0.25) is 0 Å². The van der Waals surface area contributed by atoms with E-state index < -0.39 is 0 Å². The summed E-state index contributed by atoms with van der Waals surface area (Å²) >= 11 is 0. The van der Waals surface area contributed by atoms with Gasteiger partial charge in [-0.25, -0.2) is 0 Å². The SMILES string of the molecule is CC(NC(=O)C1CCCNC1)c1ccc(OCC(=O)NC2CC2)cc1.Cl. The van der Waals surface area contributed by atoms with Crippen molar-refractivity contribution in [2.75, 3.05) is 19.7 Å². The maximum absolute atomic E-state index is 12.3. The number of carbonyl (C=O) groups excluding carboxylic acids is 2. The molecular weight excluding hydrogens is 354 g/mol. The molecule has 3 rings (SSSR count). The Kier molecular flexibility index (Phi) is 7.72. The standard InChI is InChI=1S/C19H27N3O3.ClH/c1-13(21-19(24)15-3-2-10-20-11-15)14-4-8-17(9-5-14)25-12-18(23)22-16-6-7-16;/h4-5,8-9,13,15-16,20H,2-3,6-7,10-12H2,1H3,(H,21,24)(H,22,23);1H. The Morgan fingerprint density at radius 1 is 1.23 bits per heavy atom. The molecule has 0 aromatic heterocycles. The minimum absolute atomic E-state index is 0. The third-order valence-corrected chi connectivity index (χ3v) is 4.72. The third kappa shape index (κ3) is 6.18. The van der Waals surface area contributed by atoms with E-state index in [1.807, 2.05) is 31.2 Å². The van der Waals surface area contributed by atoms with Crippen LogP contribution in [0.3, 0.4) is 0 Å². The second-order valence-corrected chi connectivity index (χ2v) is 6.97. The predicted molar refractivity (Wildman–Crippen MR) is 103 cm³/mol. The number of amides is 2. The van der Waals surface area contributed by atoms with Gasteiger partial charge in [-0.2, -0.15) is 0 Å². The Balaban J connectivity index is 0.00000243. The smallest absolute Gasteiger partial charge is 0.258 e. The van der Waals surface area contributed by atoms with Crippen LogP contribution in [-0.2, 0) is 9.59 Å². The number of rotatable bonds is 7. The summed E-state index contributed by atoms with van der Waals surface area (Å²) in [6.45, 7) is 3.78. The largest absolute Gasteiger partial charge is 0.484 e. The van der Waals surface area contributed by atoms with Crippen molar-refractivity contribution in [3.05, 3.63) is 29.8 Å². The van der Waals surface area contributed by atoms with Crippen LogP contribution in [0.15, 0.2) is 24.3 Å². The van der Waals surface area contributed by atoms with Crippen LogP contribution in [0, 0.1) is 5.92 Å². The first-order valence-corrected chi connectivity index (χ1v) is 9.15. The van der Waals surface area contributed by atoms with Crippen molar-refractivity contribution in [1.29, 1.82) is 0 Å². The number of nitrogens with one attached hydrogen (secondary N) is 3. The molecule has 1 saturated heterocycles. The molecule has 1 aliphatic carbocycles. The Morgan fingerprint density at radius 2 is 1.96 bits per heavy atom. The van der Waals surface area contributed by atoms with Gasteiger partial charge < -0.3 is 20.7 Å². The molecule has 2 amide bonds. The van der Waals surface area contributed by atoms with Crippen LogP contribution in [0.5, 0.6) is 5.75 Å². The maximum Gasteiger partial charge on any atom is 0.258 e. The lowest BCUT2D eigenvalue weighted by Gasteiger charge is -2.24. The third-order valence-electron chi connectivity index (χ3n) is 4.72. The van der Waals surface area contributed by atoms with Crippen molar-refractivity contribution >= 4 is 24.2 Å². The molecule has 1 saturated carbocycles. The lowest BCUT2D eigenvalue weighted by molar-refractivity contribution is -0.126. The van der Waals surface area contributed by atoms with Crippen LogP contribution in [0.1, 0.15) is 44.2 Å². The summed E-state index contributed by atoms with van der Waals surface area (Å²) in [5.74, 6) is 0.749. The first-order chi connectivity index (χ1) is 12.1. The van der Waals surface area contributed by atoms with E-state index >= 15 is 0 Å². The van der Waals surface area contributed by atoms with Crippen molar-refractivity contribution < 1.29 is 14.3 Å². The lowest BCUT2D eigenvalue weighted by atomic mass is 9.98. The summed E-state index contributed by atoms with van der Waals surface area (Å²) in [5, 5.41) is 9.24. The zero-order chi connectivity index (χ0) is 17.6. The normalized spacial score (nSPS) is 20.4. The predicted octanol–water partition coefficient (Wildman–Crippen LogP) is 1.94. The zero-order valence-corrected chi connectivity index (χ0v) is 15.9. The number of halogens is 1. The molecule has 144 valence electrons. The summed E-state index contributed by atoms with van der Waals surface area (Å²) in [7, 11) is 0. The average molecular weight is 382 g/mol. The van der Waals surface area contributed by atoms with Crippen molar-refractivity contribution in [3.8, 4) is 5.75 Å². The minimum Gasteiger partial charge on any atom is -0.484 e. The topological polar surface area (TPSA) is 79.5 Å². The van der Waals surface area contributed by atoms with E-state index in [-0.39, 0.29) is 42.8 Å². The zero-order valence-electron chi connectivity index (χ0n) is 15.1. The highest BCUT2D eigenvalue weighted by Crippen LogP contribution is 2.20. The molecule has 0 spiro atoms. The molecule has 1 aromatic carbocycles. The van der Waals surface area contributed by atoms with Gasteiger partial charge in [-0.1, -0.05) is 12.1 Å². The summed E-state index contributed by atoms with van der Waals surface area (Å²) in [4.78, 5) is 23.9. The second-order valence-electron chi connectivity index (χ2n) is 6.97. The summed E-state index contributed by atoms with van der Waals surface area (Å²) in [6.07, 6.45) is 4.13. The van der Waals surface area contributed by atoms with Gasteiger partial charge in [0, 0.05) is 12.6 Å². The highest BCUT2D eigenvalue weighted by atomic mass is 35.5. The Bertz CT molecular complexity index is 599. The Labute approximate surface area is 160 Å². The molecule has 1 aliphatic heterocycles. The fraction of sp³-hybridized carbons (Fsp3) is 0.579. The summed E-state index contributed by atoms with van der Waals surface area (Å²) < 4.78 is 5.50. The van der Waals surface area contributed by atoms with Crippen LogP contribution in [0.4, 0.5) is 0 Å². The number of piperidine rings is 1. The molecule has 2 unspecified atom stereocenters. The fourth-order valence-corrected chi connectivity index (χ4v) is 2.99. The van der Waals surface area contributed by atoms with Crippen LogP contribution < -0.4 is 20.7 Å². The average Bonchev–Trinajstić information content (AvgIpc) is 3.45. The van der Waals surface area contributed by atoms with Crippen molar-refractivity contribution in [2.45, 2.75) is 44.7 Å². The number of hydrogen-bond donors (Lipinski definition) is 3. The second kappa shape index (κ2) is 9.78. The van der Waals surface area contributed by atoms with E-state index in [4.69, 9.17) is 4.74 Å². The van der Waals surface area contributed by atoms with Gasteiger partial charge in [0.1, 0.15) is 5.75 Å². The molecule has 6 nitrogen and oxygen atoms in total. The monoisotopic (exact) mass is 381 g/mol. The Hall–Kier alpha value is -1.79. The summed E-state index contributed by atoms with van der Waals surface area (Å²) in [5.41, 5.74) is 1.02. The van der Waals surface area contributed by atoms with E-state index in [0.717, 1.165) is 44.3 Å². The molecule has 1 aromatic rings. The van der Waals surface area contributed by atoms with Crippen molar-refractivity contribution in [3.63, 3.8) is 0 Å². The molecule has 0 bridgehead atoms. The molecular formula is C19H28ClN3O3. The van der Waals surface area contributed by atoms with Gasteiger partial charge in [0.2, 0.25) is 5.91 Å². The highest BCUT2D eigenvalue weighted by molar-refractivity contribution is 5.85. The first kappa shape index (κ1) is 20.5. The van der Waals surface area contributed by atoms with Gasteiger partial charge >= 0.3 is 0 Å². The number of ether oxygens (including phenoxy) is 1. The number of carbonyl (C=O) groups is 2. The molecule has 2 atom stereocenters. The molecule has 2 aliphatic rings. The fourth-order valence-electron chi connectivity index (χ4n) is 2.99. The first-order valence-electron chi connectivity index (χ1n) is 9.15. The molecule has 7 heteroatoms. The van der Waals surface area contributed by atoms with Crippen LogP contribution >= 0.6 is 12.4 Å². The van der Waals surface area contributed by atoms with Gasteiger partial charge in [0.25, 0.3) is 5.91 Å². The van der Waals surface area contributed by atoms with Crippen molar-refractivity contribution in [2.24, 2.45) is 5.92 Å². The van der Waals surface area contributed by atoms with E-state index in [9.17, 15) is 9.59 Å². The molecule has 26 heavy (non-hydrogen) atoms. The van der Waals surface area contributed by atoms with E-state index in [1.54, 1.807) is 0 Å². The van der Waals surface area contributed by atoms with E-state index in [1.165, 1.54) is 0 Å². The van der Waals surface area contributed by atoms with Crippen LogP contribution in [-0.4, -0.2) is 37.6 Å². The molecule has 0 radical (unpaired) electrons. The van der Waals surface area contributed by atoms with Crippen LogP contribution in [0.25, 0.3) is 0 Å². The van der Waals surface area contributed by atoms with E-state index in [2.05, 4.69) is 16.0 Å². The van der Waals surface area contributed by atoms with Gasteiger partial charge in [-0.05, 0) is 56.8 Å². The number of benzene rings is 1. The summed E-state index contributed by atoms with van der Waals surface area (Å²) in [6, 6.07) is 7.83. The van der Waals surface area contributed by atoms with Gasteiger partial charge in [-0.3, -0.25) is 9.59 Å². The Morgan fingerprint density at radius 3 is 2.58 bits per heavy atom. The van der Waals surface area contributed by atoms with Gasteiger partial charge in [-0.15, -0.1) is 12.4 Å². The maximum atomic E-state index is 12.3. The van der Waals surface area contributed by atoms with Gasteiger partial charge in [0.15, 0.2) is 6.61 Å². The minimum atomic E-state index is -0.0756. The molecule has 3 N–H and O–H groups in total.